The number of hydrogen-bond donors (Lipinski definition) is 2. The van der Waals surface area contributed by atoms with Crippen molar-refractivity contribution in [3.8, 4) is 0 Å². The lowest BCUT2D eigenvalue weighted by Crippen LogP contribution is -2.44. The van der Waals surface area contributed by atoms with Gasteiger partial charge in [-0.3, -0.25) is 4.79 Å². The Balaban J connectivity index is 1.87. The van der Waals surface area contributed by atoms with Gasteiger partial charge in [0.2, 0.25) is 5.91 Å². The predicted octanol–water partition coefficient (Wildman–Crippen LogP) is 4.28. The van der Waals surface area contributed by atoms with E-state index in [4.69, 9.17) is 11.6 Å². The molecule has 5 heteroatoms. The van der Waals surface area contributed by atoms with Crippen LogP contribution in [0.3, 0.4) is 0 Å². The molecule has 4 nitrogen and oxygen atoms in total. The Morgan fingerprint density at radius 2 is 1.32 bits per heavy atom. The number of rotatable bonds is 7. The van der Waals surface area contributed by atoms with Crippen molar-refractivity contribution in [3.63, 3.8) is 0 Å². The van der Waals surface area contributed by atoms with Crippen molar-refractivity contribution < 1.29 is 14.7 Å². The van der Waals surface area contributed by atoms with Crippen LogP contribution >= 0.6 is 11.6 Å². The first-order valence-corrected chi connectivity index (χ1v) is 9.30. The summed E-state index contributed by atoms with van der Waals surface area (Å²) < 4.78 is 0. The zero-order valence-electron chi connectivity index (χ0n) is 15.1. The topological polar surface area (TPSA) is 66.4 Å². The minimum Gasteiger partial charge on any atom is -0.480 e. The van der Waals surface area contributed by atoms with Gasteiger partial charge in [0.15, 0.2) is 0 Å². The second-order valence-electron chi connectivity index (χ2n) is 6.45. The Morgan fingerprint density at radius 3 is 1.82 bits per heavy atom. The van der Waals surface area contributed by atoms with Gasteiger partial charge in [0.05, 0.1) is 5.92 Å². The van der Waals surface area contributed by atoms with Crippen LogP contribution in [-0.2, 0) is 16.0 Å². The number of amides is 1. The van der Waals surface area contributed by atoms with Crippen molar-refractivity contribution in [1.29, 1.82) is 0 Å². The smallest absolute Gasteiger partial charge is 0.326 e. The fraction of sp³-hybridized carbons (Fsp3) is 0.130. The van der Waals surface area contributed by atoms with Crippen molar-refractivity contribution in [2.45, 2.75) is 18.4 Å². The summed E-state index contributed by atoms with van der Waals surface area (Å²) in [6.07, 6.45) is 0.108. The average molecular weight is 394 g/mol. The number of halogens is 1. The number of carbonyl (C=O) groups is 2. The van der Waals surface area contributed by atoms with E-state index < -0.39 is 17.9 Å². The van der Waals surface area contributed by atoms with E-state index >= 15 is 0 Å². The molecule has 0 bridgehead atoms. The van der Waals surface area contributed by atoms with Gasteiger partial charge in [-0.25, -0.2) is 4.79 Å². The van der Waals surface area contributed by atoms with E-state index in [1.54, 1.807) is 24.3 Å². The van der Waals surface area contributed by atoms with Crippen LogP contribution in [0.4, 0.5) is 0 Å². The van der Waals surface area contributed by atoms with E-state index in [1.165, 1.54) is 0 Å². The van der Waals surface area contributed by atoms with Gasteiger partial charge in [0.1, 0.15) is 6.04 Å². The Hall–Kier alpha value is -3.11. The van der Waals surface area contributed by atoms with Gasteiger partial charge in [-0.15, -0.1) is 0 Å². The largest absolute Gasteiger partial charge is 0.480 e. The van der Waals surface area contributed by atoms with E-state index in [0.29, 0.717) is 10.6 Å². The Labute approximate surface area is 168 Å². The van der Waals surface area contributed by atoms with Crippen molar-refractivity contribution in [1.82, 2.24) is 5.32 Å². The highest BCUT2D eigenvalue weighted by molar-refractivity contribution is 6.31. The third-order valence-corrected chi connectivity index (χ3v) is 4.89. The van der Waals surface area contributed by atoms with Crippen LogP contribution < -0.4 is 5.32 Å². The van der Waals surface area contributed by atoms with E-state index in [1.807, 2.05) is 60.7 Å². The van der Waals surface area contributed by atoms with Gasteiger partial charge >= 0.3 is 5.97 Å². The Bertz CT molecular complexity index is 905. The van der Waals surface area contributed by atoms with E-state index in [9.17, 15) is 14.7 Å². The van der Waals surface area contributed by atoms with Crippen LogP contribution in [0.25, 0.3) is 0 Å². The number of nitrogens with one attached hydrogen (secondary N) is 1. The molecule has 0 aliphatic heterocycles. The molecular formula is C23H20ClNO3. The van der Waals surface area contributed by atoms with Crippen molar-refractivity contribution >= 4 is 23.5 Å². The molecule has 0 unspecified atom stereocenters. The molecule has 0 spiro atoms. The molecule has 0 aliphatic rings. The van der Waals surface area contributed by atoms with Gasteiger partial charge in [-0.2, -0.15) is 0 Å². The van der Waals surface area contributed by atoms with Crippen LogP contribution in [0, 0.1) is 0 Å². The molecule has 3 aromatic rings. The summed E-state index contributed by atoms with van der Waals surface area (Å²) in [4.78, 5) is 24.9. The van der Waals surface area contributed by atoms with Crippen LogP contribution in [-0.4, -0.2) is 23.0 Å². The van der Waals surface area contributed by atoms with Gasteiger partial charge in [0.25, 0.3) is 0 Å². The molecular weight excluding hydrogens is 374 g/mol. The van der Waals surface area contributed by atoms with Crippen LogP contribution in [0.2, 0.25) is 5.02 Å². The first kappa shape index (κ1) is 19.6. The second kappa shape index (κ2) is 9.20. The van der Waals surface area contributed by atoms with Crippen LogP contribution in [0.1, 0.15) is 22.6 Å². The SMILES string of the molecule is O=C(N[C@H](Cc1ccccc1Cl)C(=O)O)C(c1ccccc1)c1ccccc1. The van der Waals surface area contributed by atoms with Crippen LogP contribution in [0.15, 0.2) is 84.9 Å². The van der Waals surface area contributed by atoms with Gasteiger partial charge in [-0.05, 0) is 22.8 Å². The predicted molar refractivity (Wildman–Crippen MR) is 109 cm³/mol. The summed E-state index contributed by atoms with van der Waals surface area (Å²) in [7, 11) is 0. The lowest BCUT2D eigenvalue weighted by molar-refractivity contribution is -0.141. The maximum absolute atomic E-state index is 13.1. The summed E-state index contributed by atoms with van der Waals surface area (Å²) in [5, 5.41) is 12.8. The summed E-state index contributed by atoms with van der Waals surface area (Å²) >= 11 is 6.16. The van der Waals surface area contributed by atoms with Crippen molar-refractivity contribution in [3.05, 3.63) is 107 Å². The fourth-order valence-electron chi connectivity index (χ4n) is 3.13. The maximum atomic E-state index is 13.1. The number of carbonyl (C=O) groups excluding carboxylic acids is 1. The summed E-state index contributed by atoms with van der Waals surface area (Å²) in [6.45, 7) is 0. The highest BCUT2D eigenvalue weighted by Crippen LogP contribution is 2.25. The molecule has 142 valence electrons. The molecule has 0 saturated heterocycles. The molecule has 3 rings (SSSR count). The van der Waals surface area contributed by atoms with E-state index in [2.05, 4.69) is 5.32 Å². The molecule has 0 fully saturated rings. The minimum atomic E-state index is -1.10. The quantitative estimate of drug-likeness (QED) is 0.629. The number of hydrogen-bond acceptors (Lipinski definition) is 2. The Kier molecular flexibility index (Phi) is 6.45. The number of benzene rings is 3. The molecule has 3 aromatic carbocycles. The Morgan fingerprint density at radius 1 is 0.821 bits per heavy atom. The zero-order chi connectivity index (χ0) is 19.9. The summed E-state index contributed by atoms with van der Waals surface area (Å²) in [5.41, 5.74) is 2.27. The zero-order valence-corrected chi connectivity index (χ0v) is 15.8. The highest BCUT2D eigenvalue weighted by atomic mass is 35.5. The number of carboxylic acid groups (broad SMARTS) is 1. The third-order valence-electron chi connectivity index (χ3n) is 4.52. The third kappa shape index (κ3) is 4.78. The summed E-state index contributed by atoms with van der Waals surface area (Å²) in [6, 6.07) is 24.6. The van der Waals surface area contributed by atoms with Gasteiger partial charge in [0, 0.05) is 11.4 Å². The normalized spacial score (nSPS) is 11.8. The number of carboxylic acids is 1. The first-order chi connectivity index (χ1) is 13.6. The molecule has 1 atom stereocenters. The molecule has 0 radical (unpaired) electrons. The lowest BCUT2D eigenvalue weighted by Gasteiger charge is -2.21. The molecule has 2 N–H and O–H groups in total. The van der Waals surface area contributed by atoms with Crippen molar-refractivity contribution in [2.24, 2.45) is 0 Å². The minimum absolute atomic E-state index is 0.108. The standard InChI is InChI=1S/C23H20ClNO3/c24-19-14-8-7-13-18(19)15-20(23(27)28)25-22(26)21(16-9-3-1-4-10-16)17-11-5-2-6-12-17/h1-14,20-21H,15H2,(H,25,26)(H,27,28)/t20-/m1/s1. The average Bonchev–Trinajstić information content (AvgIpc) is 2.71. The van der Waals surface area contributed by atoms with Crippen LogP contribution in [0.5, 0.6) is 0 Å². The molecule has 28 heavy (non-hydrogen) atoms. The van der Waals surface area contributed by atoms with Crippen molar-refractivity contribution in [2.75, 3.05) is 0 Å². The molecule has 1 amide bonds. The fourth-order valence-corrected chi connectivity index (χ4v) is 3.34. The van der Waals surface area contributed by atoms with Gasteiger partial charge in [-0.1, -0.05) is 90.5 Å². The molecule has 0 aromatic heterocycles. The number of aliphatic carboxylic acids is 1. The first-order valence-electron chi connectivity index (χ1n) is 8.92. The molecule has 0 saturated carbocycles. The maximum Gasteiger partial charge on any atom is 0.326 e. The highest BCUT2D eigenvalue weighted by Gasteiger charge is 2.28. The van der Waals surface area contributed by atoms with E-state index in [0.717, 1.165) is 11.1 Å². The monoisotopic (exact) mass is 393 g/mol. The molecule has 0 heterocycles. The lowest BCUT2D eigenvalue weighted by atomic mass is 9.90. The van der Waals surface area contributed by atoms with E-state index in [-0.39, 0.29) is 12.3 Å². The molecule has 0 aliphatic carbocycles. The van der Waals surface area contributed by atoms with Gasteiger partial charge < -0.3 is 10.4 Å². The second-order valence-corrected chi connectivity index (χ2v) is 6.86. The summed E-state index contributed by atoms with van der Waals surface area (Å²) in [5.74, 6) is -2.07.